The predicted octanol–water partition coefficient (Wildman–Crippen LogP) is 5.73. The fraction of sp³-hybridized carbons (Fsp3) is 0.0500. The maximum absolute atomic E-state index is 13.0. The van der Waals surface area contributed by atoms with Crippen LogP contribution >= 0.6 is 34.5 Å². The summed E-state index contributed by atoms with van der Waals surface area (Å²) in [5.74, 6) is -0.881. The summed E-state index contributed by atoms with van der Waals surface area (Å²) in [4.78, 5) is 17.4. The number of hydrogen-bond acceptors (Lipinski definition) is 4. The highest BCUT2D eigenvalue weighted by Crippen LogP contribution is 2.25. The van der Waals surface area contributed by atoms with Gasteiger partial charge in [-0.05, 0) is 41.5 Å². The smallest absolute Gasteiger partial charge is 0.268 e. The number of amides is 1. The average Bonchev–Trinajstić information content (AvgIpc) is 3.09. The van der Waals surface area contributed by atoms with Gasteiger partial charge in [0.25, 0.3) is 5.91 Å². The second kappa shape index (κ2) is 8.98. The lowest BCUT2D eigenvalue weighted by Crippen LogP contribution is -2.13. The second-order valence-corrected chi connectivity index (χ2v) is 7.68. The minimum absolute atomic E-state index is 0.112. The number of benzene rings is 2. The lowest BCUT2D eigenvalue weighted by atomic mass is 10.1. The van der Waals surface area contributed by atoms with Crippen molar-refractivity contribution in [2.75, 3.05) is 5.32 Å². The van der Waals surface area contributed by atoms with Gasteiger partial charge in [-0.15, -0.1) is 11.3 Å². The molecule has 3 aromatic rings. The zero-order chi connectivity index (χ0) is 20.1. The summed E-state index contributed by atoms with van der Waals surface area (Å²) in [7, 11) is 0. The first-order valence-corrected chi connectivity index (χ1v) is 9.59. The summed E-state index contributed by atoms with van der Waals surface area (Å²) in [6.45, 7) is 0. The molecular weight excluding hydrogens is 420 g/mol. The van der Waals surface area contributed by atoms with Crippen LogP contribution in [-0.2, 0) is 11.2 Å². The maximum atomic E-state index is 13.0. The minimum Gasteiger partial charge on any atom is -0.297 e. The molecule has 0 atom stereocenters. The van der Waals surface area contributed by atoms with E-state index >= 15 is 0 Å². The number of nitriles is 1. The highest BCUT2D eigenvalue weighted by Gasteiger charge is 2.13. The van der Waals surface area contributed by atoms with Crippen molar-refractivity contribution < 1.29 is 9.18 Å². The summed E-state index contributed by atoms with van der Waals surface area (Å²) in [6.07, 6.45) is 3.59. The molecule has 2 aromatic carbocycles. The molecule has 1 N–H and O–H groups in total. The van der Waals surface area contributed by atoms with E-state index in [1.807, 2.05) is 6.07 Å². The Morgan fingerprint density at radius 2 is 2.00 bits per heavy atom. The Bertz CT molecular complexity index is 1090. The van der Waals surface area contributed by atoms with Crippen LogP contribution in [0.3, 0.4) is 0 Å². The van der Waals surface area contributed by atoms with Crippen molar-refractivity contribution >= 4 is 51.7 Å². The number of thiazole rings is 1. The van der Waals surface area contributed by atoms with Gasteiger partial charge >= 0.3 is 0 Å². The molecule has 0 bridgehead atoms. The fourth-order valence-electron chi connectivity index (χ4n) is 2.34. The third-order valence-electron chi connectivity index (χ3n) is 3.69. The van der Waals surface area contributed by atoms with E-state index in [4.69, 9.17) is 23.2 Å². The van der Waals surface area contributed by atoms with Crippen molar-refractivity contribution in [2.45, 2.75) is 6.42 Å². The molecule has 0 aliphatic carbocycles. The SMILES string of the molecule is N#C/C(=C\c1ccc(Cl)cc1Cl)C(=O)Nc1ncc(Cc2ccc(F)cc2)s1. The Balaban J connectivity index is 1.71. The van der Waals surface area contributed by atoms with E-state index in [1.165, 1.54) is 35.6 Å². The number of nitrogens with zero attached hydrogens (tertiary/aromatic N) is 2. The zero-order valence-electron chi connectivity index (χ0n) is 14.2. The Labute approximate surface area is 174 Å². The van der Waals surface area contributed by atoms with Gasteiger partial charge in [0, 0.05) is 27.5 Å². The van der Waals surface area contributed by atoms with Crippen molar-refractivity contribution in [3.05, 3.63) is 86.1 Å². The average molecular weight is 432 g/mol. The molecule has 28 heavy (non-hydrogen) atoms. The first-order chi connectivity index (χ1) is 13.4. The van der Waals surface area contributed by atoms with Crippen molar-refractivity contribution in [3.63, 3.8) is 0 Å². The van der Waals surface area contributed by atoms with Crippen molar-refractivity contribution in [3.8, 4) is 6.07 Å². The summed E-state index contributed by atoms with van der Waals surface area (Å²) >= 11 is 13.2. The molecule has 140 valence electrons. The van der Waals surface area contributed by atoms with E-state index < -0.39 is 5.91 Å². The molecule has 0 aliphatic heterocycles. The largest absolute Gasteiger partial charge is 0.297 e. The monoisotopic (exact) mass is 431 g/mol. The predicted molar refractivity (Wildman–Crippen MR) is 110 cm³/mol. The quantitative estimate of drug-likeness (QED) is 0.414. The number of nitrogens with one attached hydrogen (secondary N) is 1. The van der Waals surface area contributed by atoms with Gasteiger partial charge in [0.15, 0.2) is 5.13 Å². The molecule has 1 aromatic heterocycles. The van der Waals surface area contributed by atoms with Crippen molar-refractivity contribution in [1.29, 1.82) is 5.26 Å². The van der Waals surface area contributed by atoms with Crippen molar-refractivity contribution in [1.82, 2.24) is 4.98 Å². The van der Waals surface area contributed by atoms with Gasteiger partial charge < -0.3 is 0 Å². The van der Waals surface area contributed by atoms with Gasteiger partial charge in [-0.3, -0.25) is 10.1 Å². The number of hydrogen-bond donors (Lipinski definition) is 1. The molecule has 0 aliphatic rings. The highest BCUT2D eigenvalue weighted by molar-refractivity contribution is 7.15. The number of halogens is 3. The third-order valence-corrected chi connectivity index (χ3v) is 5.17. The second-order valence-electron chi connectivity index (χ2n) is 5.72. The summed E-state index contributed by atoms with van der Waals surface area (Å²) in [5, 5.41) is 13.1. The van der Waals surface area contributed by atoms with Gasteiger partial charge in [0.1, 0.15) is 17.5 Å². The van der Waals surface area contributed by atoms with Crippen LogP contribution in [0.2, 0.25) is 10.0 Å². The molecule has 1 amide bonds. The first kappa shape index (κ1) is 20.0. The normalized spacial score (nSPS) is 11.1. The number of carbonyl (C=O) groups excluding carboxylic acids is 1. The molecule has 4 nitrogen and oxygen atoms in total. The molecule has 1 heterocycles. The lowest BCUT2D eigenvalue weighted by molar-refractivity contribution is -0.112. The standard InChI is InChI=1S/C20H12Cl2FN3OS/c21-15-4-3-13(18(22)9-15)8-14(10-24)19(27)26-20-25-11-17(28-20)7-12-1-5-16(23)6-2-12/h1-6,8-9,11H,7H2,(H,25,26,27)/b14-8+. The van der Waals surface area contributed by atoms with Crippen LogP contribution in [0.1, 0.15) is 16.0 Å². The molecule has 0 fully saturated rings. The zero-order valence-corrected chi connectivity index (χ0v) is 16.6. The van der Waals surface area contributed by atoms with Gasteiger partial charge in [-0.2, -0.15) is 5.26 Å². The van der Waals surface area contributed by atoms with E-state index in [1.54, 1.807) is 30.5 Å². The third kappa shape index (κ3) is 5.17. The molecule has 0 unspecified atom stereocenters. The fourth-order valence-corrected chi connectivity index (χ4v) is 3.64. The molecule has 8 heteroatoms. The number of anilines is 1. The molecule has 0 saturated carbocycles. The van der Waals surface area contributed by atoms with E-state index in [2.05, 4.69) is 10.3 Å². The van der Waals surface area contributed by atoms with Crippen LogP contribution in [-0.4, -0.2) is 10.9 Å². The van der Waals surface area contributed by atoms with E-state index in [9.17, 15) is 14.4 Å². The summed E-state index contributed by atoms with van der Waals surface area (Å²) < 4.78 is 13.0. The van der Waals surface area contributed by atoms with Crippen molar-refractivity contribution in [2.24, 2.45) is 0 Å². The highest BCUT2D eigenvalue weighted by atomic mass is 35.5. The van der Waals surface area contributed by atoms with Crippen LogP contribution in [0.15, 0.2) is 54.2 Å². The lowest BCUT2D eigenvalue weighted by Gasteiger charge is -2.02. The van der Waals surface area contributed by atoms with Crippen LogP contribution in [0.4, 0.5) is 9.52 Å². The molecule has 3 rings (SSSR count). The van der Waals surface area contributed by atoms with Gasteiger partial charge in [-0.25, -0.2) is 9.37 Å². The first-order valence-electron chi connectivity index (χ1n) is 8.02. The molecule has 0 spiro atoms. The van der Waals surface area contributed by atoms with Gasteiger partial charge in [-0.1, -0.05) is 41.4 Å². The van der Waals surface area contributed by atoms with Crippen LogP contribution in [0.25, 0.3) is 6.08 Å². The van der Waals surface area contributed by atoms with E-state index in [0.717, 1.165) is 10.4 Å². The summed E-state index contributed by atoms with van der Waals surface area (Å²) in [5.41, 5.74) is 1.33. The van der Waals surface area contributed by atoms with Crippen LogP contribution in [0.5, 0.6) is 0 Å². The molecule has 0 saturated heterocycles. The summed E-state index contributed by atoms with van der Waals surface area (Å²) in [6, 6.07) is 12.8. The Morgan fingerprint density at radius 3 is 2.68 bits per heavy atom. The maximum Gasteiger partial charge on any atom is 0.268 e. The number of aromatic nitrogens is 1. The van der Waals surface area contributed by atoms with E-state index in [0.29, 0.717) is 27.2 Å². The van der Waals surface area contributed by atoms with Crippen LogP contribution in [0, 0.1) is 17.1 Å². The van der Waals surface area contributed by atoms with E-state index in [-0.39, 0.29) is 11.4 Å². The molecular formula is C20H12Cl2FN3OS. The number of carbonyl (C=O) groups is 1. The van der Waals surface area contributed by atoms with Crippen LogP contribution < -0.4 is 5.32 Å². The Morgan fingerprint density at radius 1 is 1.25 bits per heavy atom. The van der Waals surface area contributed by atoms with Gasteiger partial charge in [0.2, 0.25) is 0 Å². The Kier molecular flexibility index (Phi) is 6.42. The Hall–Kier alpha value is -2.72. The topological polar surface area (TPSA) is 65.8 Å². The molecule has 0 radical (unpaired) electrons. The number of rotatable bonds is 5. The minimum atomic E-state index is -0.587. The van der Waals surface area contributed by atoms with Gasteiger partial charge in [0.05, 0.1) is 0 Å².